The van der Waals surface area contributed by atoms with Crippen molar-refractivity contribution in [1.29, 1.82) is 0 Å². The summed E-state index contributed by atoms with van der Waals surface area (Å²) in [5.41, 5.74) is 2.59. The van der Waals surface area contributed by atoms with E-state index < -0.39 is 0 Å². The van der Waals surface area contributed by atoms with Crippen LogP contribution in [0.15, 0.2) is 18.2 Å². The Morgan fingerprint density at radius 2 is 2.31 bits per heavy atom. The zero-order chi connectivity index (χ0) is 11.4. The van der Waals surface area contributed by atoms with E-state index in [9.17, 15) is 0 Å². The highest BCUT2D eigenvalue weighted by atomic mass is 127. The highest BCUT2D eigenvalue weighted by Crippen LogP contribution is 2.17. The first-order valence-electron chi connectivity index (χ1n) is 5.99. The summed E-state index contributed by atoms with van der Waals surface area (Å²) in [6.45, 7) is 4.37. The minimum atomic E-state index is 0.646. The summed E-state index contributed by atoms with van der Waals surface area (Å²) in [5, 5.41) is 7.07. The Morgan fingerprint density at radius 1 is 1.44 bits per heavy atom. The summed E-state index contributed by atoms with van der Waals surface area (Å²) < 4.78 is 1.33. The fourth-order valence-corrected chi connectivity index (χ4v) is 2.56. The van der Waals surface area contributed by atoms with Crippen LogP contribution in [0, 0.1) is 10.5 Å². The zero-order valence-corrected chi connectivity index (χ0v) is 11.9. The number of rotatable bonds is 3. The molecule has 1 fully saturated rings. The minimum absolute atomic E-state index is 0.646. The van der Waals surface area contributed by atoms with Crippen LogP contribution in [-0.4, -0.2) is 19.1 Å². The van der Waals surface area contributed by atoms with Crippen LogP contribution in [0.2, 0.25) is 0 Å². The maximum Gasteiger partial charge on any atom is 0.0351 e. The monoisotopic (exact) mass is 330 g/mol. The zero-order valence-electron chi connectivity index (χ0n) is 9.72. The van der Waals surface area contributed by atoms with E-state index in [1.165, 1.54) is 40.6 Å². The number of nitrogens with one attached hydrogen (secondary N) is 2. The summed E-state index contributed by atoms with van der Waals surface area (Å²) >= 11 is 2.39. The standard InChI is InChI=1S/C13H19IN2/c1-10-5-6-11(8-13(10)14)16-9-12-4-2-3-7-15-12/h5-6,8,12,15-16H,2-4,7,9H2,1H3. The van der Waals surface area contributed by atoms with E-state index in [-0.39, 0.29) is 0 Å². The first kappa shape index (κ1) is 12.2. The molecule has 1 heterocycles. The van der Waals surface area contributed by atoms with Crippen molar-refractivity contribution in [2.75, 3.05) is 18.4 Å². The van der Waals surface area contributed by atoms with E-state index in [4.69, 9.17) is 0 Å². The Labute approximate surface area is 111 Å². The maximum atomic E-state index is 3.55. The lowest BCUT2D eigenvalue weighted by Crippen LogP contribution is -2.39. The molecule has 1 aromatic carbocycles. The van der Waals surface area contributed by atoms with Gasteiger partial charge in [-0.05, 0) is 66.6 Å². The molecule has 2 N–H and O–H groups in total. The molecule has 1 atom stereocenters. The molecule has 1 saturated heterocycles. The van der Waals surface area contributed by atoms with Crippen LogP contribution in [0.3, 0.4) is 0 Å². The Kier molecular flexibility index (Phi) is 4.46. The van der Waals surface area contributed by atoms with Gasteiger partial charge in [-0.25, -0.2) is 0 Å². The molecule has 0 radical (unpaired) electrons. The largest absolute Gasteiger partial charge is 0.383 e. The van der Waals surface area contributed by atoms with Gasteiger partial charge in [0.05, 0.1) is 0 Å². The molecule has 0 spiro atoms. The Balaban J connectivity index is 1.86. The second-order valence-electron chi connectivity index (χ2n) is 4.49. The summed E-state index contributed by atoms with van der Waals surface area (Å²) in [4.78, 5) is 0. The van der Waals surface area contributed by atoms with Crippen molar-refractivity contribution >= 4 is 28.3 Å². The number of halogens is 1. The molecule has 0 amide bonds. The molecule has 1 aliphatic rings. The van der Waals surface area contributed by atoms with Crippen molar-refractivity contribution in [3.8, 4) is 0 Å². The van der Waals surface area contributed by atoms with Crippen LogP contribution in [0.1, 0.15) is 24.8 Å². The van der Waals surface area contributed by atoms with E-state index in [1.54, 1.807) is 0 Å². The number of anilines is 1. The van der Waals surface area contributed by atoms with Gasteiger partial charge in [0.2, 0.25) is 0 Å². The predicted molar refractivity (Wildman–Crippen MR) is 78.0 cm³/mol. The highest BCUT2D eigenvalue weighted by Gasteiger charge is 2.11. The van der Waals surface area contributed by atoms with Gasteiger partial charge in [0.25, 0.3) is 0 Å². The number of aryl methyl sites for hydroxylation is 1. The fraction of sp³-hybridized carbons (Fsp3) is 0.538. The average molecular weight is 330 g/mol. The van der Waals surface area contributed by atoms with Gasteiger partial charge < -0.3 is 10.6 Å². The van der Waals surface area contributed by atoms with Crippen LogP contribution in [0.25, 0.3) is 0 Å². The molecule has 0 bridgehead atoms. The second-order valence-corrected chi connectivity index (χ2v) is 5.65. The van der Waals surface area contributed by atoms with Gasteiger partial charge in [0, 0.05) is 21.8 Å². The van der Waals surface area contributed by atoms with Gasteiger partial charge in [0.1, 0.15) is 0 Å². The Hall–Kier alpha value is -0.290. The van der Waals surface area contributed by atoms with Crippen molar-refractivity contribution in [2.45, 2.75) is 32.2 Å². The van der Waals surface area contributed by atoms with Crippen molar-refractivity contribution < 1.29 is 0 Å². The molecule has 1 aliphatic heterocycles. The topological polar surface area (TPSA) is 24.1 Å². The van der Waals surface area contributed by atoms with Crippen LogP contribution in [-0.2, 0) is 0 Å². The lowest BCUT2D eigenvalue weighted by Gasteiger charge is -2.24. The Morgan fingerprint density at radius 3 is 3.00 bits per heavy atom. The molecule has 0 aliphatic carbocycles. The highest BCUT2D eigenvalue weighted by molar-refractivity contribution is 14.1. The number of hydrogen-bond donors (Lipinski definition) is 2. The van der Waals surface area contributed by atoms with Crippen molar-refractivity contribution in [3.63, 3.8) is 0 Å². The third-order valence-electron chi connectivity index (χ3n) is 3.14. The van der Waals surface area contributed by atoms with E-state index in [2.05, 4.69) is 58.3 Å². The first-order valence-corrected chi connectivity index (χ1v) is 7.07. The van der Waals surface area contributed by atoms with Crippen molar-refractivity contribution in [1.82, 2.24) is 5.32 Å². The van der Waals surface area contributed by atoms with Gasteiger partial charge >= 0.3 is 0 Å². The van der Waals surface area contributed by atoms with E-state index >= 15 is 0 Å². The van der Waals surface area contributed by atoms with Gasteiger partial charge in [0.15, 0.2) is 0 Å². The third kappa shape index (κ3) is 3.35. The van der Waals surface area contributed by atoms with Crippen molar-refractivity contribution in [2.24, 2.45) is 0 Å². The molecule has 3 heteroatoms. The SMILES string of the molecule is Cc1ccc(NCC2CCCCN2)cc1I. The van der Waals surface area contributed by atoms with Gasteiger partial charge in [-0.1, -0.05) is 12.5 Å². The van der Waals surface area contributed by atoms with Crippen LogP contribution in [0.4, 0.5) is 5.69 Å². The summed E-state index contributed by atoms with van der Waals surface area (Å²) in [6.07, 6.45) is 4.00. The second kappa shape index (κ2) is 5.87. The summed E-state index contributed by atoms with van der Waals surface area (Å²) in [7, 11) is 0. The quantitative estimate of drug-likeness (QED) is 0.832. The summed E-state index contributed by atoms with van der Waals surface area (Å²) in [5.74, 6) is 0. The Bertz CT molecular complexity index is 346. The molecule has 2 rings (SSSR count). The number of hydrogen-bond acceptors (Lipinski definition) is 2. The predicted octanol–water partition coefficient (Wildman–Crippen LogP) is 3.15. The third-order valence-corrected chi connectivity index (χ3v) is 4.30. The molecule has 1 aromatic rings. The molecular weight excluding hydrogens is 311 g/mol. The normalized spacial score (nSPS) is 20.8. The van der Waals surface area contributed by atoms with E-state index in [0.29, 0.717) is 6.04 Å². The smallest absolute Gasteiger partial charge is 0.0351 e. The lowest BCUT2D eigenvalue weighted by atomic mass is 10.1. The van der Waals surface area contributed by atoms with E-state index in [0.717, 1.165) is 6.54 Å². The van der Waals surface area contributed by atoms with Crippen LogP contribution in [0.5, 0.6) is 0 Å². The molecule has 0 aromatic heterocycles. The molecule has 2 nitrogen and oxygen atoms in total. The van der Waals surface area contributed by atoms with Gasteiger partial charge in [-0.2, -0.15) is 0 Å². The maximum absolute atomic E-state index is 3.55. The molecule has 16 heavy (non-hydrogen) atoms. The number of piperidine rings is 1. The summed E-state index contributed by atoms with van der Waals surface area (Å²) in [6, 6.07) is 7.21. The van der Waals surface area contributed by atoms with E-state index in [1.807, 2.05) is 0 Å². The molecule has 0 saturated carbocycles. The molecular formula is C13H19IN2. The molecule has 88 valence electrons. The van der Waals surface area contributed by atoms with Gasteiger partial charge in [-0.3, -0.25) is 0 Å². The lowest BCUT2D eigenvalue weighted by molar-refractivity contribution is 0.414. The van der Waals surface area contributed by atoms with Gasteiger partial charge in [-0.15, -0.1) is 0 Å². The fourth-order valence-electron chi connectivity index (χ4n) is 2.04. The molecule has 1 unspecified atom stereocenters. The number of benzene rings is 1. The minimum Gasteiger partial charge on any atom is -0.383 e. The average Bonchev–Trinajstić information content (AvgIpc) is 2.32. The van der Waals surface area contributed by atoms with Crippen LogP contribution < -0.4 is 10.6 Å². The first-order chi connectivity index (χ1) is 7.75. The van der Waals surface area contributed by atoms with Crippen molar-refractivity contribution in [3.05, 3.63) is 27.3 Å². The van der Waals surface area contributed by atoms with Crippen LogP contribution >= 0.6 is 22.6 Å².